The minimum Gasteiger partial charge on any atom is -1.00 e. The topological polar surface area (TPSA) is 0 Å². The van der Waals surface area contributed by atoms with E-state index in [1.54, 1.807) is 0 Å². The van der Waals surface area contributed by atoms with E-state index in [1.165, 1.54) is 0 Å². The molecule has 0 unspecified atom stereocenters. The Hall–Kier alpha value is 2.54. The van der Waals surface area contributed by atoms with Crippen LogP contribution in [0.2, 0.25) is 0 Å². The van der Waals surface area contributed by atoms with Crippen molar-refractivity contribution < 1.29 is 74.4 Å². The van der Waals surface area contributed by atoms with Crippen LogP contribution >= 0.6 is 0 Å². The Labute approximate surface area is 97.4 Å². The third-order valence-electron chi connectivity index (χ3n) is 0. The SMILES string of the molecule is [Cl-].[Cl-].[Cl-].[Cl-].[Cl-].[Cl-].[Sn+4]. The van der Waals surface area contributed by atoms with Gasteiger partial charge in [0.05, 0.1) is 0 Å². The van der Waals surface area contributed by atoms with Crippen LogP contribution in [-0.2, 0) is 0 Å². The van der Waals surface area contributed by atoms with Crippen molar-refractivity contribution in [3.05, 3.63) is 0 Å². The maximum Gasteiger partial charge on any atom is 4.00 e. The van der Waals surface area contributed by atoms with Crippen molar-refractivity contribution in [1.82, 2.24) is 0 Å². The van der Waals surface area contributed by atoms with E-state index in [9.17, 15) is 0 Å². The molecule has 0 amide bonds. The summed E-state index contributed by atoms with van der Waals surface area (Å²) in [5, 5.41) is 0. The van der Waals surface area contributed by atoms with Crippen LogP contribution in [0.1, 0.15) is 0 Å². The largest absolute Gasteiger partial charge is 4.00 e. The zero-order valence-corrected chi connectivity index (χ0v) is 10.2. The van der Waals surface area contributed by atoms with Gasteiger partial charge >= 0.3 is 23.9 Å². The molecule has 0 aromatic rings. The van der Waals surface area contributed by atoms with E-state index in [0.717, 1.165) is 0 Å². The van der Waals surface area contributed by atoms with Gasteiger partial charge in [-0.3, -0.25) is 0 Å². The van der Waals surface area contributed by atoms with Crippen molar-refractivity contribution in [3.63, 3.8) is 0 Å². The summed E-state index contributed by atoms with van der Waals surface area (Å²) in [7, 11) is 0. The van der Waals surface area contributed by atoms with Crippen molar-refractivity contribution in [2.45, 2.75) is 0 Å². The molecule has 0 atom stereocenters. The first-order valence-corrected chi connectivity index (χ1v) is 0. The summed E-state index contributed by atoms with van der Waals surface area (Å²) in [6, 6.07) is 0. The zero-order chi connectivity index (χ0) is 0. The summed E-state index contributed by atoms with van der Waals surface area (Å²) >= 11 is 0. The van der Waals surface area contributed by atoms with Gasteiger partial charge in [0.1, 0.15) is 0 Å². The van der Waals surface area contributed by atoms with Gasteiger partial charge in [-0.2, -0.15) is 0 Å². The number of hydrogen-bond acceptors (Lipinski definition) is 0. The molecular weight excluding hydrogens is 331 g/mol. The number of halogens is 6. The molecule has 0 saturated carbocycles. The van der Waals surface area contributed by atoms with Gasteiger partial charge in [0, 0.05) is 0 Å². The molecule has 0 spiro atoms. The van der Waals surface area contributed by atoms with E-state index in [-0.39, 0.29) is 98.3 Å². The van der Waals surface area contributed by atoms with E-state index < -0.39 is 0 Å². The minimum atomic E-state index is 0. The molecule has 48 valence electrons. The fourth-order valence-corrected chi connectivity index (χ4v) is 0. The fourth-order valence-electron chi connectivity index (χ4n) is 0. The summed E-state index contributed by atoms with van der Waals surface area (Å²) < 4.78 is 0. The molecule has 0 radical (unpaired) electrons. The predicted octanol–water partition coefficient (Wildman–Crippen LogP) is -18.4. The van der Waals surface area contributed by atoms with E-state index >= 15 is 0 Å². The van der Waals surface area contributed by atoms with E-state index in [0.29, 0.717) is 0 Å². The second kappa shape index (κ2) is 75.3. The molecular formula is Cl6Sn-2. The van der Waals surface area contributed by atoms with Gasteiger partial charge in [-0.25, -0.2) is 0 Å². The minimum absolute atomic E-state index is 0. The van der Waals surface area contributed by atoms with Gasteiger partial charge in [0.2, 0.25) is 0 Å². The average molecular weight is 331 g/mol. The quantitative estimate of drug-likeness (QED) is 0.387. The molecule has 0 aliphatic heterocycles. The molecule has 0 aromatic carbocycles. The van der Waals surface area contributed by atoms with E-state index in [4.69, 9.17) is 0 Å². The van der Waals surface area contributed by atoms with Gasteiger partial charge in [-0.15, -0.1) is 0 Å². The molecule has 0 fully saturated rings. The van der Waals surface area contributed by atoms with Gasteiger partial charge in [0.25, 0.3) is 0 Å². The first kappa shape index (κ1) is 108. The van der Waals surface area contributed by atoms with Crippen molar-refractivity contribution in [2.75, 3.05) is 0 Å². The van der Waals surface area contributed by atoms with Gasteiger partial charge in [0.15, 0.2) is 0 Å². The molecule has 0 heterocycles. The monoisotopic (exact) mass is 330 g/mol. The molecule has 7 heteroatoms. The van der Waals surface area contributed by atoms with Crippen LogP contribution in [0.25, 0.3) is 0 Å². The Morgan fingerprint density at radius 1 is 0.286 bits per heavy atom. The summed E-state index contributed by atoms with van der Waals surface area (Å²) in [5.74, 6) is 0. The van der Waals surface area contributed by atoms with Crippen LogP contribution in [0.3, 0.4) is 0 Å². The average Bonchev–Trinajstić information content (AvgIpc) is 0. The van der Waals surface area contributed by atoms with Crippen molar-refractivity contribution >= 4 is 23.9 Å². The van der Waals surface area contributed by atoms with Crippen LogP contribution in [0, 0.1) is 0 Å². The number of rotatable bonds is 0. The predicted molar refractivity (Wildman–Crippen MR) is 5.75 cm³/mol. The summed E-state index contributed by atoms with van der Waals surface area (Å²) in [6.45, 7) is 0. The Morgan fingerprint density at radius 2 is 0.286 bits per heavy atom. The van der Waals surface area contributed by atoms with Crippen LogP contribution in [-0.4, -0.2) is 23.9 Å². The molecule has 0 saturated heterocycles. The van der Waals surface area contributed by atoms with Gasteiger partial charge in [-0.05, 0) is 0 Å². The molecule has 7 heavy (non-hydrogen) atoms. The Bertz CT molecular complexity index is 4.14. The molecule has 0 N–H and O–H groups in total. The Kier molecular flexibility index (Phi) is 1160. The van der Waals surface area contributed by atoms with Crippen molar-refractivity contribution in [2.24, 2.45) is 0 Å². The van der Waals surface area contributed by atoms with Gasteiger partial charge < -0.3 is 74.4 Å². The normalized spacial score (nSPS) is 0. The second-order valence-electron chi connectivity index (χ2n) is 0. The Balaban J connectivity index is 0. The summed E-state index contributed by atoms with van der Waals surface area (Å²) in [5.41, 5.74) is 0. The maximum absolute atomic E-state index is 0. The molecule has 0 aliphatic carbocycles. The van der Waals surface area contributed by atoms with Crippen molar-refractivity contribution in [1.29, 1.82) is 0 Å². The van der Waals surface area contributed by atoms with Crippen LogP contribution in [0.4, 0.5) is 0 Å². The molecule has 0 bridgehead atoms. The summed E-state index contributed by atoms with van der Waals surface area (Å²) in [4.78, 5) is 0. The molecule has 0 aliphatic rings. The molecule has 0 rings (SSSR count). The van der Waals surface area contributed by atoms with Gasteiger partial charge in [-0.1, -0.05) is 0 Å². The maximum atomic E-state index is 0. The molecule has 0 nitrogen and oxygen atoms in total. The third kappa shape index (κ3) is 56.6. The molecule has 0 aromatic heterocycles. The van der Waals surface area contributed by atoms with Crippen LogP contribution in [0.15, 0.2) is 0 Å². The smallest absolute Gasteiger partial charge is 1.00 e. The van der Waals surface area contributed by atoms with Crippen LogP contribution < -0.4 is 74.4 Å². The standard InChI is InChI=1S/6ClH.Sn/h6*1H;/q;;;;;;+4/p-6. The first-order valence-electron chi connectivity index (χ1n) is 0. The van der Waals surface area contributed by atoms with Crippen LogP contribution in [0.5, 0.6) is 0 Å². The number of hydrogen-bond donors (Lipinski definition) is 0. The second-order valence-corrected chi connectivity index (χ2v) is 0. The van der Waals surface area contributed by atoms with E-state index in [1.807, 2.05) is 0 Å². The third-order valence-corrected chi connectivity index (χ3v) is 0. The Morgan fingerprint density at radius 3 is 0.286 bits per heavy atom. The zero-order valence-electron chi connectivity index (χ0n) is 2.77. The summed E-state index contributed by atoms with van der Waals surface area (Å²) in [6.07, 6.45) is 0. The van der Waals surface area contributed by atoms with E-state index in [2.05, 4.69) is 0 Å². The first-order chi connectivity index (χ1) is 0. The van der Waals surface area contributed by atoms with Crippen molar-refractivity contribution in [3.8, 4) is 0 Å². The fraction of sp³-hybridized carbons (Fsp3) is 0.